The predicted molar refractivity (Wildman–Crippen MR) is 71.0 cm³/mol. The zero-order chi connectivity index (χ0) is 14.0. The number of sulfonamides is 1. The van der Waals surface area contributed by atoms with E-state index >= 15 is 0 Å². The Kier molecular flexibility index (Phi) is 3.54. The van der Waals surface area contributed by atoms with Gasteiger partial charge >= 0.3 is 0 Å². The van der Waals surface area contributed by atoms with Gasteiger partial charge in [0.15, 0.2) is 0 Å². The van der Waals surface area contributed by atoms with Crippen LogP contribution < -0.4 is 10.5 Å². The molecule has 7 nitrogen and oxygen atoms in total. The van der Waals surface area contributed by atoms with Crippen LogP contribution in [0.3, 0.4) is 0 Å². The highest BCUT2D eigenvalue weighted by Gasteiger charge is 2.23. The molecule has 2 rings (SSSR count). The van der Waals surface area contributed by atoms with Gasteiger partial charge in [-0.1, -0.05) is 0 Å². The fourth-order valence-electron chi connectivity index (χ4n) is 1.71. The van der Waals surface area contributed by atoms with Gasteiger partial charge in [-0.2, -0.15) is 13.5 Å². The van der Waals surface area contributed by atoms with Crippen molar-refractivity contribution in [2.24, 2.45) is 5.73 Å². The van der Waals surface area contributed by atoms with E-state index in [2.05, 4.69) is 19.9 Å². The lowest BCUT2D eigenvalue weighted by Gasteiger charge is -2.07. The SMILES string of the molecule is Cc1cc(NS(=O)(=O)c2n[nH]c(C)c2CN)ccn1. The van der Waals surface area contributed by atoms with Gasteiger partial charge in [0.1, 0.15) is 0 Å². The number of aryl methyl sites for hydroxylation is 2. The minimum atomic E-state index is -3.75. The maximum absolute atomic E-state index is 12.2. The smallest absolute Gasteiger partial charge is 0.281 e. The number of hydrogen-bond acceptors (Lipinski definition) is 5. The molecule has 0 unspecified atom stereocenters. The highest BCUT2D eigenvalue weighted by molar-refractivity contribution is 7.92. The fraction of sp³-hybridized carbons (Fsp3) is 0.273. The first-order valence-electron chi connectivity index (χ1n) is 5.63. The van der Waals surface area contributed by atoms with Crippen molar-refractivity contribution in [2.75, 3.05) is 4.72 Å². The van der Waals surface area contributed by atoms with Gasteiger partial charge in [0, 0.05) is 29.7 Å². The van der Waals surface area contributed by atoms with Gasteiger partial charge in [0.25, 0.3) is 10.0 Å². The first kappa shape index (κ1) is 13.5. The number of pyridine rings is 1. The van der Waals surface area contributed by atoms with Crippen molar-refractivity contribution in [1.82, 2.24) is 15.2 Å². The molecule has 8 heteroatoms. The third-order valence-corrected chi connectivity index (χ3v) is 3.99. The van der Waals surface area contributed by atoms with E-state index in [4.69, 9.17) is 5.73 Å². The summed E-state index contributed by atoms with van der Waals surface area (Å²) in [5.41, 5.74) is 7.84. The molecule has 0 aliphatic heterocycles. The van der Waals surface area contributed by atoms with Crippen molar-refractivity contribution in [2.45, 2.75) is 25.4 Å². The van der Waals surface area contributed by atoms with Crippen LogP contribution in [0.2, 0.25) is 0 Å². The van der Waals surface area contributed by atoms with Crippen LogP contribution in [0, 0.1) is 13.8 Å². The van der Waals surface area contributed by atoms with Gasteiger partial charge in [-0.05, 0) is 26.0 Å². The largest absolute Gasteiger partial charge is 0.326 e. The first-order valence-corrected chi connectivity index (χ1v) is 7.11. The van der Waals surface area contributed by atoms with Crippen LogP contribution in [0.1, 0.15) is 17.0 Å². The number of hydrogen-bond donors (Lipinski definition) is 3. The molecule has 2 heterocycles. The molecule has 0 aliphatic carbocycles. The molecule has 0 fully saturated rings. The van der Waals surface area contributed by atoms with Crippen LogP contribution in [0.15, 0.2) is 23.4 Å². The molecule has 0 saturated carbocycles. The van der Waals surface area contributed by atoms with E-state index in [1.54, 1.807) is 26.0 Å². The van der Waals surface area contributed by atoms with Crippen LogP contribution >= 0.6 is 0 Å². The lowest BCUT2D eigenvalue weighted by molar-refractivity contribution is 0.596. The third kappa shape index (κ3) is 2.74. The average Bonchev–Trinajstić information content (AvgIpc) is 2.70. The average molecular weight is 281 g/mol. The van der Waals surface area contributed by atoms with Crippen molar-refractivity contribution < 1.29 is 8.42 Å². The van der Waals surface area contributed by atoms with E-state index in [9.17, 15) is 8.42 Å². The monoisotopic (exact) mass is 281 g/mol. The molecule has 0 radical (unpaired) electrons. The van der Waals surface area contributed by atoms with E-state index in [1.807, 2.05) is 0 Å². The summed E-state index contributed by atoms with van der Waals surface area (Å²) in [6.07, 6.45) is 1.53. The third-order valence-electron chi connectivity index (χ3n) is 2.64. The Hall–Kier alpha value is -1.93. The van der Waals surface area contributed by atoms with Crippen molar-refractivity contribution >= 4 is 15.7 Å². The number of anilines is 1. The van der Waals surface area contributed by atoms with Gasteiger partial charge in [0.05, 0.1) is 5.69 Å². The number of nitrogens with one attached hydrogen (secondary N) is 2. The molecule has 2 aromatic heterocycles. The van der Waals surface area contributed by atoms with Crippen molar-refractivity contribution in [1.29, 1.82) is 0 Å². The quantitative estimate of drug-likeness (QED) is 0.762. The summed E-state index contributed by atoms with van der Waals surface area (Å²) in [5.74, 6) is 0. The lowest BCUT2D eigenvalue weighted by atomic mass is 10.3. The number of aromatic nitrogens is 3. The Morgan fingerprint density at radius 1 is 1.42 bits per heavy atom. The lowest BCUT2D eigenvalue weighted by Crippen LogP contribution is -2.16. The Balaban J connectivity index is 2.38. The van der Waals surface area contributed by atoms with Gasteiger partial charge in [-0.15, -0.1) is 0 Å². The number of nitrogens with two attached hydrogens (primary N) is 1. The van der Waals surface area contributed by atoms with Gasteiger partial charge in [-0.3, -0.25) is 14.8 Å². The molecular formula is C11H15N5O2S. The fourth-order valence-corrected chi connectivity index (χ4v) is 2.97. The van der Waals surface area contributed by atoms with Crippen LogP contribution in [0.25, 0.3) is 0 Å². The van der Waals surface area contributed by atoms with E-state index in [0.29, 0.717) is 16.9 Å². The number of nitrogens with zero attached hydrogens (tertiary/aromatic N) is 2. The standard InChI is InChI=1S/C11H15N5O2S/c1-7-5-9(3-4-13-7)16-19(17,18)11-10(6-12)8(2)14-15-11/h3-5H,6,12H2,1-2H3,(H,13,16)(H,14,15). The molecular weight excluding hydrogens is 266 g/mol. The van der Waals surface area contributed by atoms with E-state index in [0.717, 1.165) is 5.69 Å². The number of rotatable bonds is 4. The number of aromatic amines is 1. The van der Waals surface area contributed by atoms with E-state index < -0.39 is 10.0 Å². The summed E-state index contributed by atoms with van der Waals surface area (Å²) in [6, 6.07) is 3.21. The summed E-state index contributed by atoms with van der Waals surface area (Å²) in [6.45, 7) is 3.61. The van der Waals surface area contributed by atoms with Crippen molar-refractivity contribution in [3.63, 3.8) is 0 Å². The van der Waals surface area contributed by atoms with Crippen LogP contribution in [-0.2, 0) is 16.6 Å². The Labute approximate surface area is 111 Å². The second-order valence-corrected chi connectivity index (χ2v) is 5.73. The predicted octanol–water partition coefficient (Wildman–Crippen LogP) is 0.681. The van der Waals surface area contributed by atoms with Crippen molar-refractivity contribution in [3.8, 4) is 0 Å². The second-order valence-electron chi connectivity index (χ2n) is 4.13. The maximum atomic E-state index is 12.2. The molecule has 0 spiro atoms. The summed E-state index contributed by atoms with van der Waals surface area (Å²) in [5, 5.41) is 6.37. The summed E-state index contributed by atoms with van der Waals surface area (Å²) >= 11 is 0. The molecule has 102 valence electrons. The Morgan fingerprint density at radius 3 is 2.79 bits per heavy atom. The topological polar surface area (TPSA) is 114 Å². The van der Waals surface area contributed by atoms with Crippen LogP contribution in [-0.4, -0.2) is 23.6 Å². The van der Waals surface area contributed by atoms with Gasteiger partial charge in [0.2, 0.25) is 5.03 Å². The second kappa shape index (κ2) is 4.98. The Bertz CT molecular complexity index is 693. The minimum Gasteiger partial charge on any atom is -0.326 e. The van der Waals surface area contributed by atoms with Crippen molar-refractivity contribution in [3.05, 3.63) is 35.3 Å². The molecule has 2 aromatic rings. The highest BCUT2D eigenvalue weighted by Crippen LogP contribution is 2.19. The maximum Gasteiger partial charge on any atom is 0.281 e. The first-order chi connectivity index (χ1) is 8.94. The Morgan fingerprint density at radius 2 is 2.16 bits per heavy atom. The van der Waals surface area contributed by atoms with Crippen LogP contribution in [0.4, 0.5) is 5.69 Å². The van der Waals surface area contributed by atoms with Crippen LogP contribution in [0.5, 0.6) is 0 Å². The summed E-state index contributed by atoms with van der Waals surface area (Å²) in [4.78, 5) is 4.00. The molecule has 0 aliphatic rings. The minimum absolute atomic E-state index is 0.0676. The molecule has 0 amide bonds. The van der Waals surface area contributed by atoms with Gasteiger partial charge in [-0.25, -0.2) is 0 Å². The zero-order valence-corrected chi connectivity index (χ0v) is 11.5. The molecule has 0 saturated heterocycles. The highest BCUT2D eigenvalue weighted by atomic mass is 32.2. The molecule has 0 aromatic carbocycles. The molecule has 0 bridgehead atoms. The normalized spacial score (nSPS) is 11.5. The molecule has 4 N–H and O–H groups in total. The zero-order valence-electron chi connectivity index (χ0n) is 10.6. The molecule has 19 heavy (non-hydrogen) atoms. The summed E-state index contributed by atoms with van der Waals surface area (Å²) in [7, 11) is -3.75. The summed E-state index contributed by atoms with van der Waals surface area (Å²) < 4.78 is 26.9. The van der Waals surface area contributed by atoms with E-state index in [1.165, 1.54) is 6.20 Å². The van der Waals surface area contributed by atoms with Gasteiger partial charge < -0.3 is 5.73 Å². The number of H-pyrrole nitrogens is 1. The molecule has 0 atom stereocenters. The van der Waals surface area contributed by atoms with E-state index in [-0.39, 0.29) is 11.6 Å².